The highest BCUT2D eigenvalue weighted by Crippen LogP contribution is 2.17. The lowest BCUT2D eigenvalue weighted by Gasteiger charge is -2.05. The maximum atomic E-state index is 12.0. The van der Waals surface area contributed by atoms with Crippen molar-refractivity contribution >= 4 is 34.0 Å². The number of anilines is 1. The SMILES string of the molecule is CCNc1nc(C(=O)NCCc2ccc(Cl)c(C)c2)cs1. The van der Waals surface area contributed by atoms with Crippen LogP contribution < -0.4 is 10.6 Å². The first-order valence-electron chi connectivity index (χ1n) is 6.82. The van der Waals surface area contributed by atoms with Gasteiger partial charge in [-0.1, -0.05) is 23.7 Å². The summed E-state index contributed by atoms with van der Waals surface area (Å²) >= 11 is 7.43. The quantitative estimate of drug-likeness (QED) is 0.855. The number of halogens is 1. The molecule has 0 aliphatic heterocycles. The summed E-state index contributed by atoms with van der Waals surface area (Å²) in [5.74, 6) is -0.138. The predicted octanol–water partition coefficient (Wildman–Crippen LogP) is 3.51. The maximum Gasteiger partial charge on any atom is 0.270 e. The van der Waals surface area contributed by atoms with E-state index in [0.29, 0.717) is 12.2 Å². The number of carbonyl (C=O) groups is 1. The molecule has 6 heteroatoms. The van der Waals surface area contributed by atoms with Gasteiger partial charge in [-0.15, -0.1) is 11.3 Å². The molecule has 2 rings (SSSR count). The number of hydrogen-bond acceptors (Lipinski definition) is 4. The summed E-state index contributed by atoms with van der Waals surface area (Å²) in [5, 5.41) is 9.28. The van der Waals surface area contributed by atoms with Gasteiger partial charge in [0.25, 0.3) is 5.91 Å². The normalized spacial score (nSPS) is 10.4. The largest absolute Gasteiger partial charge is 0.362 e. The average Bonchev–Trinajstić information content (AvgIpc) is 2.92. The summed E-state index contributed by atoms with van der Waals surface area (Å²) in [7, 11) is 0. The van der Waals surface area contributed by atoms with Crippen molar-refractivity contribution in [1.82, 2.24) is 10.3 Å². The lowest BCUT2D eigenvalue weighted by Crippen LogP contribution is -2.26. The Morgan fingerprint density at radius 2 is 2.24 bits per heavy atom. The molecule has 1 amide bonds. The predicted molar refractivity (Wildman–Crippen MR) is 88.5 cm³/mol. The Balaban J connectivity index is 1.84. The van der Waals surface area contributed by atoms with E-state index >= 15 is 0 Å². The van der Waals surface area contributed by atoms with Crippen molar-refractivity contribution in [3.05, 3.63) is 45.4 Å². The van der Waals surface area contributed by atoms with Gasteiger partial charge in [-0.25, -0.2) is 4.98 Å². The van der Waals surface area contributed by atoms with Crippen LogP contribution in [0.25, 0.3) is 0 Å². The molecule has 0 atom stereocenters. The topological polar surface area (TPSA) is 54.0 Å². The van der Waals surface area contributed by atoms with Crippen LogP contribution in [-0.4, -0.2) is 24.0 Å². The molecule has 2 N–H and O–H groups in total. The molecule has 0 saturated heterocycles. The van der Waals surface area contributed by atoms with Gasteiger partial charge >= 0.3 is 0 Å². The van der Waals surface area contributed by atoms with Crippen LogP contribution in [0.15, 0.2) is 23.6 Å². The summed E-state index contributed by atoms with van der Waals surface area (Å²) in [4.78, 5) is 16.2. The monoisotopic (exact) mass is 323 g/mol. The number of nitrogens with zero attached hydrogens (tertiary/aromatic N) is 1. The first-order chi connectivity index (χ1) is 10.1. The van der Waals surface area contributed by atoms with Crippen LogP contribution in [-0.2, 0) is 6.42 Å². The maximum absolute atomic E-state index is 12.0. The fraction of sp³-hybridized carbons (Fsp3) is 0.333. The van der Waals surface area contributed by atoms with E-state index in [4.69, 9.17) is 11.6 Å². The Labute approximate surface area is 133 Å². The molecule has 0 unspecified atom stereocenters. The highest BCUT2D eigenvalue weighted by molar-refractivity contribution is 7.13. The highest BCUT2D eigenvalue weighted by Gasteiger charge is 2.09. The van der Waals surface area contributed by atoms with E-state index in [9.17, 15) is 4.79 Å². The standard InChI is InChI=1S/C15H18ClN3OS/c1-3-17-15-19-13(9-21-15)14(20)18-7-6-11-4-5-12(16)10(2)8-11/h4-5,8-9H,3,6-7H2,1-2H3,(H,17,19)(H,18,20). The zero-order valence-electron chi connectivity index (χ0n) is 12.1. The summed E-state index contributed by atoms with van der Waals surface area (Å²) in [6.07, 6.45) is 0.772. The van der Waals surface area contributed by atoms with Gasteiger partial charge in [0.05, 0.1) is 0 Å². The van der Waals surface area contributed by atoms with E-state index in [1.54, 1.807) is 5.38 Å². The zero-order chi connectivity index (χ0) is 15.2. The van der Waals surface area contributed by atoms with E-state index in [0.717, 1.165) is 34.2 Å². The number of nitrogens with one attached hydrogen (secondary N) is 2. The Morgan fingerprint density at radius 1 is 1.43 bits per heavy atom. The summed E-state index contributed by atoms with van der Waals surface area (Å²) in [6, 6.07) is 5.91. The van der Waals surface area contributed by atoms with Gasteiger partial charge in [-0.2, -0.15) is 0 Å². The molecule has 0 saturated carbocycles. The van der Waals surface area contributed by atoms with Crippen molar-refractivity contribution in [3.63, 3.8) is 0 Å². The molecule has 0 spiro atoms. The van der Waals surface area contributed by atoms with Gasteiger partial charge in [0.15, 0.2) is 5.13 Å². The second-order valence-corrected chi connectivity index (χ2v) is 5.92. The van der Waals surface area contributed by atoms with E-state index < -0.39 is 0 Å². The van der Waals surface area contributed by atoms with Crippen LogP contribution in [0.1, 0.15) is 28.5 Å². The summed E-state index contributed by atoms with van der Waals surface area (Å²) in [6.45, 7) is 5.34. The molecule has 112 valence electrons. The highest BCUT2D eigenvalue weighted by atomic mass is 35.5. The van der Waals surface area contributed by atoms with Crippen molar-refractivity contribution in [1.29, 1.82) is 0 Å². The number of rotatable bonds is 6. The molecule has 4 nitrogen and oxygen atoms in total. The third kappa shape index (κ3) is 4.44. The molecule has 0 bridgehead atoms. The van der Waals surface area contributed by atoms with Gasteiger partial charge in [0.2, 0.25) is 0 Å². The van der Waals surface area contributed by atoms with Crippen molar-refractivity contribution in [2.45, 2.75) is 20.3 Å². The third-order valence-electron chi connectivity index (χ3n) is 2.99. The van der Waals surface area contributed by atoms with Gasteiger partial charge in [-0.05, 0) is 37.5 Å². The Hall–Kier alpha value is -1.59. The number of thiazole rings is 1. The average molecular weight is 324 g/mol. The van der Waals surface area contributed by atoms with E-state index in [-0.39, 0.29) is 5.91 Å². The molecule has 0 aliphatic carbocycles. The number of aromatic nitrogens is 1. The molecule has 0 fully saturated rings. The molecule has 0 aliphatic rings. The second-order valence-electron chi connectivity index (χ2n) is 4.66. The number of amides is 1. The molecule has 2 aromatic rings. The Morgan fingerprint density at radius 3 is 2.95 bits per heavy atom. The summed E-state index contributed by atoms with van der Waals surface area (Å²) in [5.41, 5.74) is 2.67. The molecule has 1 aromatic carbocycles. The first kappa shape index (κ1) is 15.8. The molecular weight excluding hydrogens is 306 g/mol. The number of carbonyl (C=O) groups excluding carboxylic acids is 1. The van der Waals surface area contributed by atoms with E-state index in [2.05, 4.69) is 15.6 Å². The Bertz CT molecular complexity index is 627. The minimum atomic E-state index is -0.138. The molecule has 1 aromatic heterocycles. The van der Waals surface area contributed by atoms with Crippen LogP contribution in [0.5, 0.6) is 0 Å². The van der Waals surface area contributed by atoms with E-state index in [1.807, 2.05) is 32.0 Å². The molecule has 1 heterocycles. The zero-order valence-corrected chi connectivity index (χ0v) is 13.6. The number of hydrogen-bond donors (Lipinski definition) is 2. The van der Waals surface area contributed by atoms with Gasteiger partial charge in [0.1, 0.15) is 5.69 Å². The van der Waals surface area contributed by atoms with Gasteiger partial charge in [0, 0.05) is 23.5 Å². The molecular formula is C15H18ClN3OS. The minimum Gasteiger partial charge on any atom is -0.362 e. The van der Waals surface area contributed by atoms with Crippen molar-refractivity contribution < 1.29 is 4.79 Å². The van der Waals surface area contributed by atoms with E-state index in [1.165, 1.54) is 11.3 Å². The molecule has 21 heavy (non-hydrogen) atoms. The van der Waals surface area contributed by atoms with Crippen molar-refractivity contribution in [2.75, 3.05) is 18.4 Å². The van der Waals surface area contributed by atoms with Crippen LogP contribution in [0.3, 0.4) is 0 Å². The van der Waals surface area contributed by atoms with Gasteiger partial charge in [-0.3, -0.25) is 4.79 Å². The third-order valence-corrected chi connectivity index (χ3v) is 4.21. The number of aryl methyl sites for hydroxylation is 1. The smallest absolute Gasteiger partial charge is 0.270 e. The minimum absolute atomic E-state index is 0.138. The van der Waals surface area contributed by atoms with Crippen LogP contribution in [0, 0.1) is 6.92 Å². The lowest BCUT2D eigenvalue weighted by molar-refractivity contribution is 0.0950. The van der Waals surface area contributed by atoms with Crippen molar-refractivity contribution in [2.24, 2.45) is 0 Å². The number of benzene rings is 1. The molecule has 0 radical (unpaired) electrons. The van der Waals surface area contributed by atoms with Crippen molar-refractivity contribution in [3.8, 4) is 0 Å². The van der Waals surface area contributed by atoms with Crippen LogP contribution in [0.4, 0.5) is 5.13 Å². The first-order valence-corrected chi connectivity index (χ1v) is 8.08. The van der Waals surface area contributed by atoms with Crippen LogP contribution >= 0.6 is 22.9 Å². The summed E-state index contributed by atoms with van der Waals surface area (Å²) < 4.78 is 0. The Kier molecular flexibility index (Phi) is 5.59. The van der Waals surface area contributed by atoms with Crippen LogP contribution in [0.2, 0.25) is 5.02 Å². The van der Waals surface area contributed by atoms with Gasteiger partial charge < -0.3 is 10.6 Å². The fourth-order valence-electron chi connectivity index (χ4n) is 1.88. The fourth-order valence-corrected chi connectivity index (χ4v) is 2.76. The second kappa shape index (κ2) is 7.43. The lowest BCUT2D eigenvalue weighted by atomic mass is 10.1.